The Kier molecular flexibility index (Phi) is 4.43. The molecule has 1 rings (SSSR count). The molecule has 5 heteroatoms. The van der Waals surface area contributed by atoms with Gasteiger partial charge in [-0.15, -0.1) is 5.10 Å². The molecule has 0 saturated heterocycles. The largest absolute Gasteiger partial charge is 0.477 e. The molecule has 1 N–H and O–H groups in total. The second-order valence-corrected chi connectivity index (χ2v) is 3.98. The van der Waals surface area contributed by atoms with Crippen molar-refractivity contribution in [2.45, 2.75) is 46.6 Å². The number of aromatic carboxylic acids is 1. The van der Waals surface area contributed by atoms with E-state index in [-0.39, 0.29) is 17.5 Å². The molecule has 1 aromatic heterocycles. The molecule has 0 aliphatic heterocycles. The van der Waals surface area contributed by atoms with Gasteiger partial charge in [-0.2, -0.15) is 5.10 Å². The first-order valence-corrected chi connectivity index (χ1v) is 5.79. The highest BCUT2D eigenvalue weighted by Gasteiger charge is 2.21. The topological polar surface area (TPSA) is 72.3 Å². The van der Waals surface area contributed by atoms with Crippen molar-refractivity contribution in [2.75, 3.05) is 0 Å². The van der Waals surface area contributed by atoms with Crippen LogP contribution in [0.5, 0.6) is 5.88 Å². The highest BCUT2D eigenvalue weighted by molar-refractivity contribution is 5.92. The third-order valence-electron chi connectivity index (χ3n) is 2.38. The van der Waals surface area contributed by atoms with Gasteiger partial charge in [-0.3, -0.25) is 0 Å². The van der Waals surface area contributed by atoms with Crippen molar-refractivity contribution in [3.63, 3.8) is 0 Å². The molecule has 0 aliphatic carbocycles. The maximum absolute atomic E-state index is 11.3. The van der Waals surface area contributed by atoms with Crippen molar-refractivity contribution >= 4 is 5.97 Å². The molecule has 5 nitrogen and oxygen atoms in total. The number of hydrogen-bond acceptors (Lipinski definition) is 4. The van der Waals surface area contributed by atoms with Gasteiger partial charge in [-0.25, -0.2) is 4.79 Å². The van der Waals surface area contributed by atoms with Gasteiger partial charge >= 0.3 is 5.97 Å². The van der Waals surface area contributed by atoms with E-state index in [1.807, 2.05) is 27.7 Å². The summed E-state index contributed by atoms with van der Waals surface area (Å²) in [4.78, 5) is 11.3. The van der Waals surface area contributed by atoms with Gasteiger partial charge in [0.05, 0.1) is 11.8 Å². The molecule has 94 valence electrons. The van der Waals surface area contributed by atoms with Gasteiger partial charge in [-0.1, -0.05) is 13.8 Å². The van der Waals surface area contributed by atoms with Crippen LogP contribution in [0.15, 0.2) is 0 Å². The van der Waals surface area contributed by atoms with Crippen molar-refractivity contribution in [3.8, 4) is 5.88 Å². The van der Waals surface area contributed by atoms with E-state index >= 15 is 0 Å². The van der Waals surface area contributed by atoms with Gasteiger partial charge in [-0.05, 0) is 32.3 Å². The Hall–Kier alpha value is -1.65. The summed E-state index contributed by atoms with van der Waals surface area (Å²) in [6.07, 6.45) is 1.15. The van der Waals surface area contributed by atoms with Gasteiger partial charge in [0.2, 0.25) is 5.88 Å². The van der Waals surface area contributed by atoms with E-state index in [1.165, 1.54) is 0 Å². The molecular weight excluding hydrogens is 220 g/mol. The first kappa shape index (κ1) is 13.4. The standard InChI is InChI=1S/C12H18N2O3/c1-5-8-9(6-2)13-14-11(17-7(3)4)10(8)12(15)16/h7H,5-6H2,1-4H3,(H,15,16). The average molecular weight is 238 g/mol. The molecule has 0 radical (unpaired) electrons. The van der Waals surface area contributed by atoms with Gasteiger partial charge in [0, 0.05) is 0 Å². The molecule has 17 heavy (non-hydrogen) atoms. The monoisotopic (exact) mass is 238 g/mol. The Morgan fingerprint density at radius 3 is 2.35 bits per heavy atom. The third-order valence-corrected chi connectivity index (χ3v) is 2.38. The number of carboxylic acid groups (broad SMARTS) is 1. The lowest BCUT2D eigenvalue weighted by Crippen LogP contribution is -2.16. The van der Waals surface area contributed by atoms with Crippen molar-refractivity contribution in [1.29, 1.82) is 0 Å². The molecule has 0 atom stereocenters. The summed E-state index contributed by atoms with van der Waals surface area (Å²) in [6.45, 7) is 7.48. The van der Waals surface area contributed by atoms with Crippen LogP contribution in [-0.2, 0) is 12.8 Å². The van der Waals surface area contributed by atoms with Crippen LogP contribution >= 0.6 is 0 Å². The number of aryl methyl sites for hydroxylation is 1. The maximum atomic E-state index is 11.3. The minimum atomic E-state index is -1.01. The van der Waals surface area contributed by atoms with Crippen LogP contribution < -0.4 is 4.74 Å². The zero-order chi connectivity index (χ0) is 13.0. The minimum Gasteiger partial charge on any atom is -0.477 e. The zero-order valence-corrected chi connectivity index (χ0v) is 10.6. The minimum absolute atomic E-state index is 0.113. The van der Waals surface area contributed by atoms with E-state index in [0.29, 0.717) is 18.4 Å². The summed E-state index contributed by atoms with van der Waals surface area (Å²) in [6, 6.07) is 0. The highest BCUT2D eigenvalue weighted by Crippen LogP contribution is 2.23. The molecule has 0 bridgehead atoms. The lowest BCUT2D eigenvalue weighted by atomic mass is 10.0. The molecule has 1 aromatic rings. The fourth-order valence-corrected chi connectivity index (χ4v) is 1.68. The third kappa shape index (κ3) is 2.93. The van der Waals surface area contributed by atoms with Gasteiger partial charge in [0.15, 0.2) is 0 Å². The van der Waals surface area contributed by atoms with E-state index in [4.69, 9.17) is 4.74 Å². The Bertz CT molecular complexity index is 416. The molecule has 1 heterocycles. The summed E-state index contributed by atoms with van der Waals surface area (Å²) in [7, 11) is 0. The van der Waals surface area contributed by atoms with Gasteiger partial charge in [0.25, 0.3) is 0 Å². The van der Waals surface area contributed by atoms with Crippen LogP contribution in [0.3, 0.4) is 0 Å². The molecule has 0 saturated carbocycles. The van der Waals surface area contributed by atoms with E-state index in [0.717, 1.165) is 5.69 Å². The van der Waals surface area contributed by atoms with Crippen LogP contribution in [0.4, 0.5) is 0 Å². The van der Waals surface area contributed by atoms with Crippen molar-refractivity contribution in [2.24, 2.45) is 0 Å². The Balaban J connectivity index is 3.36. The number of carboxylic acids is 1. The highest BCUT2D eigenvalue weighted by atomic mass is 16.5. The number of nitrogens with zero attached hydrogens (tertiary/aromatic N) is 2. The lowest BCUT2D eigenvalue weighted by Gasteiger charge is -2.14. The summed E-state index contributed by atoms with van der Waals surface area (Å²) >= 11 is 0. The van der Waals surface area contributed by atoms with E-state index in [1.54, 1.807) is 0 Å². The normalized spacial score (nSPS) is 10.6. The molecule has 0 spiro atoms. The molecule has 0 fully saturated rings. The van der Waals surface area contributed by atoms with E-state index < -0.39 is 5.97 Å². The van der Waals surface area contributed by atoms with Crippen LogP contribution in [-0.4, -0.2) is 27.4 Å². The van der Waals surface area contributed by atoms with Crippen LogP contribution in [0.1, 0.15) is 49.3 Å². The first-order valence-electron chi connectivity index (χ1n) is 5.79. The number of hydrogen-bond donors (Lipinski definition) is 1. The smallest absolute Gasteiger partial charge is 0.341 e. The first-order chi connectivity index (χ1) is 8.01. The predicted molar refractivity (Wildman–Crippen MR) is 63.5 cm³/mol. The van der Waals surface area contributed by atoms with Gasteiger partial charge in [0.1, 0.15) is 5.56 Å². The number of ether oxygens (including phenoxy) is 1. The maximum Gasteiger partial charge on any atom is 0.341 e. The van der Waals surface area contributed by atoms with Crippen molar-refractivity contribution < 1.29 is 14.6 Å². The van der Waals surface area contributed by atoms with E-state index in [2.05, 4.69) is 10.2 Å². The van der Waals surface area contributed by atoms with Crippen molar-refractivity contribution in [1.82, 2.24) is 10.2 Å². The summed E-state index contributed by atoms with van der Waals surface area (Å²) in [5, 5.41) is 17.2. The van der Waals surface area contributed by atoms with Crippen LogP contribution in [0, 0.1) is 0 Å². The fraction of sp³-hybridized carbons (Fsp3) is 0.583. The summed E-state index contributed by atoms with van der Waals surface area (Å²) in [5.74, 6) is -0.899. The zero-order valence-electron chi connectivity index (χ0n) is 10.6. The second-order valence-electron chi connectivity index (χ2n) is 3.98. The van der Waals surface area contributed by atoms with Crippen LogP contribution in [0.25, 0.3) is 0 Å². The number of aromatic nitrogens is 2. The van der Waals surface area contributed by atoms with Crippen LogP contribution in [0.2, 0.25) is 0 Å². The molecule has 0 unspecified atom stereocenters. The van der Waals surface area contributed by atoms with Gasteiger partial charge < -0.3 is 9.84 Å². The summed E-state index contributed by atoms with van der Waals surface area (Å²) < 4.78 is 5.39. The average Bonchev–Trinajstić information content (AvgIpc) is 2.26. The Labute approximate surface area is 101 Å². The predicted octanol–water partition coefficient (Wildman–Crippen LogP) is 2.09. The second kappa shape index (κ2) is 5.61. The SMILES string of the molecule is CCc1nnc(OC(C)C)c(C(=O)O)c1CC. The lowest BCUT2D eigenvalue weighted by molar-refractivity contribution is 0.0687. The molecule has 0 amide bonds. The van der Waals surface area contributed by atoms with E-state index in [9.17, 15) is 9.90 Å². The fourth-order valence-electron chi connectivity index (χ4n) is 1.68. The summed E-state index contributed by atoms with van der Waals surface area (Å²) in [5.41, 5.74) is 1.58. The molecular formula is C12H18N2O3. The Morgan fingerprint density at radius 2 is 1.94 bits per heavy atom. The Morgan fingerprint density at radius 1 is 1.29 bits per heavy atom. The molecule has 0 aliphatic rings. The molecule has 0 aromatic carbocycles. The quantitative estimate of drug-likeness (QED) is 0.850. The van der Waals surface area contributed by atoms with Crippen molar-refractivity contribution in [3.05, 3.63) is 16.8 Å². The number of carbonyl (C=O) groups is 1. The number of rotatable bonds is 5.